The van der Waals surface area contributed by atoms with Gasteiger partial charge < -0.3 is 0 Å². The van der Waals surface area contributed by atoms with Crippen LogP contribution in [0, 0.1) is 0 Å². The van der Waals surface area contributed by atoms with Gasteiger partial charge in [-0.3, -0.25) is 5.43 Å². The number of aromatic nitrogens is 1. The van der Waals surface area contributed by atoms with Gasteiger partial charge in [-0.1, -0.05) is 46.4 Å². The zero-order chi connectivity index (χ0) is 17.1. The number of rotatable bonds is 4. The SMILES string of the molecule is Clc1ccc(-c2csc(N/N=C/c3cc(Cl)ccc3Cl)n2)c(Cl)c1. The lowest BCUT2D eigenvalue weighted by molar-refractivity contribution is 1.29. The highest BCUT2D eigenvalue weighted by atomic mass is 35.5. The van der Waals surface area contributed by atoms with Gasteiger partial charge in [-0.25, -0.2) is 4.98 Å². The lowest BCUT2D eigenvalue weighted by Gasteiger charge is -2.01. The Hall–Kier alpha value is -1.30. The van der Waals surface area contributed by atoms with Crippen molar-refractivity contribution in [3.05, 3.63) is 67.4 Å². The third-order valence-electron chi connectivity index (χ3n) is 3.03. The second-order valence-electron chi connectivity index (χ2n) is 4.70. The van der Waals surface area contributed by atoms with Gasteiger partial charge in [0.1, 0.15) is 0 Å². The van der Waals surface area contributed by atoms with Gasteiger partial charge in [0.15, 0.2) is 0 Å². The smallest absolute Gasteiger partial charge is 0.203 e. The minimum absolute atomic E-state index is 0.550. The highest BCUT2D eigenvalue weighted by Crippen LogP contribution is 2.32. The van der Waals surface area contributed by atoms with Crippen LogP contribution in [0.3, 0.4) is 0 Å². The number of hydrazone groups is 1. The molecule has 0 bridgehead atoms. The Bertz CT molecular complexity index is 908. The molecule has 0 aliphatic rings. The summed E-state index contributed by atoms with van der Waals surface area (Å²) in [6.45, 7) is 0. The Morgan fingerprint density at radius 3 is 2.50 bits per heavy atom. The van der Waals surface area contributed by atoms with E-state index >= 15 is 0 Å². The second-order valence-corrected chi connectivity index (χ2v) is 7.24. The Labute approximate surface area is 162 Å². The molecule has 1 heterocycles. The largest absolute Gasteiger partial charge is 0.253 e. The summed E-state index contributed by atoms with van der Waals surface area (Å²) in [4.78, 5) is 4.45. The first-order valence-electron chi connectivity index (χ1n) is 6.68. The molecule has 1 aromatic heterocycles. The summed E-state index contributed by atoms with van der Waals surface area (Å²) in [5, 5.41) is 8.94. The van der Waals surface area contributed by atoms with Gasteiger partial charge in [0.2, 0.25) is 5.13 Å². The van der Waals surface area contributed by atoms with E-state index in [4.69, 9.17) is 46.4 Å². The first kappa shape index (κ1) is 17.5. The molecule has 0 spiro atoms. The fraction of sp³-hybridized carbons (Fsp3) is 0. The summed E-state index contributed by atoms with van der Waals surface area (Å²) < 4.78 is 0. The standard InChI is InChI=1S/C16H9Cl4N3S/c17-10-2-4-13(19)9(5-10)7-21-23-16-22-15(8-24-16)12-3-1-11(18)6-14(12)20/h1-8H,(H,22,23)/b21-7+. The molecule has 0 radical (unpaired) electrons. The normalized spacial score (nSPS) is 11.2. The number of halogens is 4. The topological polar surface area (TPSA) is 37.3 Å². The van der Waals surface area contributed by atoms with Crippen LogP contribution < -0.4 is 5.43 Å². The molecule has 0 aliphatic heterocycles. The number of nitrogens with zero attached hydrogens (tertiary/aromatic N) is 2. The van der Waals surface area contributed by atoms with Crippen LogP contribution >= 0.6 is 57.7 Å². The number of benzene rings is 2. The molecule has 0 aliphatic carbocycles. The lowest BCUT2D eigenvalue weighted by Crippen LogP contribution is -1.91. The minimum Gasteiger partial charge on any atom is -0.253 e. The maximum atomic E-state index is 6.19. The maximum absolute atomic E-state index is 6.19. The van der Waals surface area contributed by atoms with Crippen molar-refractivity contribution in [3.63, 3.8) is 0 Å². The Kier molecular flexibility index (Phi) is 5.64. The molecule has 0 amide bonds. The summed E-state index contributed by atoms with van der Waals surface area (Å²) >= 11 is 25.5. The van der Waals surface area contributed by atoms with Crippen LogP contribution in [0.5, 0.6) is 0 Å². The highest BCUT2D eigenvalue weighted by molar-refractivity contribution is 7.14. The van der Waals surface area contributed by atoms with Gasteiger partial charge in [-0.15, -0.1) is 11.3 Å². The van der Waals surface area contributed by atoms with Crippen LogP contribution in [0.1, 0.15) is 5.56 Å². The summed E-state index contributed by atoms with van der Waals surface area (Å²) in [6.07, 6.45) is 1.59. The molecule has 0 saturated heterocycles. The quantitative estimate of drug-likeness (QED) is 0.372. The van der Waals surface area contributed by atoms with Gasteiger partial charge in [0.05, 0.1) is 16.9 Å². The third kappa shape index (κ3) is 4.21. The summed E-state index contributed by atoms with van der Waals surface area (Å²) in [5.41, 5.74) is 5.15. The fourth-order valence-corrected chi connectivity index (χ4v) is 3.43. The van der Waals surface area contributed by atoms with E-state index < -0.39 is 0 Å². The van der Waals surface area contributed by atoms with Crippen molar-refractivity contribution in [3.8, 4) is 11.3 Å². The predicted molar refractivity (Wildman–Crippen MR) is 105 cm³/mol. The van der Waals surface area contributed by atoms with Crippen molar-refractivity contribution in [2.45, 2.75) is 0 Å². The Balaban J connectivity index is 1.74. The maximum Gasteiger partial charge on any atom is 0.203 e. The molecular formula is C16H9Cl4N3S. The van der Waals surface area contributed by atoms with E-state index in [-0.39, 0.29) is 0 Å². The van der Waals surface area contributed by atoms with Crippen molar-refractivity contribution >= 4 is 69.1 Å². The molecule has 0 unspecified atom stereocenters. The van der Waals surface area contributed by atoms with Crippen molar-refractivity contribution in [1.29, 1.82) is 0 Å². The van der Waals surface area contributed by atoms with E-state index in [1.54, 1.807) is 36.5 Å². The molecule has 8 heteroatoms. The van der Waals surface area contributed by atoms with Crippen LogP contribution in [0.2, 0.25) is 20.1 Å². The summed E-state index contributed by atoms with van der Waals surface area (Å²) in [5.74, 6) is 0. The molecule has 3 rings (SSSR count). The fourth-order valence-electron chi connectivity index (χ4n) is 1.92. The van der Waals surface area contributed by atoms with Gasteiger partial charge in [-0.05, 0) is 36.4 Å². The number of hydrogen-bond donors (Lipinski definition) is 1. The number of thiazole rings is 1. The molecular weight excluding hydrogens is 408 g/mol. The molecule has 0 fully saturated rings. The third-order valence-corrected chi connectivity index (χ3v) is 4.91. The van der Waals surface area contributed by atoms with E-state index in [0.29, 0.717) is 30.8 Å². The zero-order valence-electron chi connectivity index (χ0n) is 11.9. The molecule has 0 atom stereocenters. The van der Waals surface area contributed by atoms with E-state index in [1.165, 1.54) is 11.3 Å². The van der Waals surface area contributed by atoms with Crippen molar-refractivity contribution in [1.82, 2.24) is 4.98 Å². The van der Waals surface area contributed by atoms with Gasteiger partial charge in [0, 0.05) is 31.6 Å². The average Bonchev–Trinajstić information content (AvgIpc) is 2.99. The van der Waals surface area contributed by atoms with Gasteiger partial charge in [0.25, 0.3) is 0 Å². The molecule has 0 saturated carbocycles. The van der Waals surface area contributed by atoms with Crippen LogP contribution in [0.25, 0.3) is 11.3 Å². The number of anilines is 1. The highest BCUT2D eigenvalue weighted by Gasteiger charge is 2.08. The predicted octanol–water partition coefficient (Wildman–Crippen LogP) is 6.87. The lowest BCUT2D eigenvalue weighted by atomic mass is 10.2. The number of hydrogen-bond acceptors (Lipinski definition) is 4. The first-order chi connectivity index (χ1) is 11.5. The minimum atomic E-state index is 0.550. The second kappa shape index (κ2) is 7.72. The zero-order valence-corrected chi connectivity index (χ0v) is 15.8. The molecule has 24 heavy (non-hydrogen) atoms. The van der Waals surface area contributed by atoms with Crippen LogP contribution in [-0.4, -0.2) is 11.2 Å². The molecule has 3 nitrogen and oxygen atoms in total. The van der Waals surface area contributed by atoms with E-state index in [2.05, 4.69) is 15.5 Å². The number of nitrogens with one attached hydrogen (secondary N) is 1. The summed E-state index contributed by atoms with van der Waals surface area (Å²) in [7, 11) is 0. The van der Waals surface area contributed by atoms with Gasteiger partial charge >= 0.3 is 0 Å². The molecule has 1 N–H and O–H groups in total. The van der Waals surface area contributed by atoms with Crippen LogP contribution in [0.4, 0.5) is 5.13 Å². The monoisotopic (exact) mass is 415 g/mol. The van der Waals surface area contributed by atoms with Crippen LogP contribution in [-0.2, 0) is 0 Å². The average molecular weight is 417 g/mol. The van der Waals surface area contributed by atoms with Gasteiger partial charge in [-0.2, -0.15) is 5.10 Å². The van der Waals surface area contributed by atoms with E-state index in [1.807, 2.05) is 11.4 Å². The van der Waals surface area contributed by atoms with Crippen LogP contribution in [0.15, 0.2) is 46.9 Å². The Morgan fingerprint density at radius 2 is 1.71 bits per heavy atom. The Morgan fingerprint density at radius 1 is 0.958 bits per heavy atom. The van der Waals surface area contributed by atoms with Crippen molar-refractivity contribution in [2.75, 3.05) is 5.43 Å². The summed E-state index contributed by atoms with van der Waals surface area (Å²) in [6, 6.07) is 10.5. The van der Waals surface area contributed by atoms with Crippen molar-refractivity contribution < 1.29 is 0 Å². The molecule has 2 aromatic carbocycles. The molecule has 122 valence electrons. The van der Waals surface area contributed by atoms with Crippen molar-refractivity contribution in [2.24, 2.45) is 5.10 Å². The van der Waals surface area contributed by atoms with E-state index in [9.17, 15) is 0 Å². The first-order valence-corrected chi connectivity index (χ1v) is 9.07. The molecule has 3 aromatic rings. The van der Waals surface area contributed by atoms with E-state index in [0.717, 1.165) is 11.3 Å².